The number of anilines is 1. The maximum Gasteiger partial charge on any atom is 0.216 e. The fourth-order valence-electron chi connectivity index (χ4n) is 3.57. The highest BCUT2D eigenvalue weighted by Gasteiger charge is 2.32. The van der Waals surface area contributed by atoms with Crippen LogP contribution in [0.1, 0.15) is 46.5 Å². The molecule has 0 atom stereocenters. The van der Waals surface area contributed by atoms with Gasteiger partial charge in [0.2, 0.25) is 10.0 Å². The molecule has 1 aromatic carbocycles. The van der Waals surface area contributed by atoms with Gasteiger partial charge >= 0.3 is 0 Å². The zero-order valence-electron chi connectivity index (χ0n) is 17.6. The zero-order chi connectivity index (χ0) is 21.2. The number of nitrogens with zero attached hydrogens (tertiary/aromatic N) is 2. The van der Waals surface area contributed by atoms with Crippen molar-refractivity contribution in [2.75, 3.05) is 11.9 Å². The number of rotatable bonds is 6. The Kier molecular flexibility index (Phi) is 6.75. The topological polar surface area (TPSA) is 76.0 Å². The molecular formula is C21H31BrN4O2S. The highest BCUT2D eigenvalue weighted by atomic mass is 79.9. The first-order valence-electron chi connectivity index (χ1n) is 10.1. The van der Waals surface area contributed by atoms with Gasteiger partial charge in [0.1, 0.15) is 5.69 Å². The molecule has 29 heavy (non-hydrogen) atoms. The molecule has 0 bridgehead atoms. The van der Waals surface area contributed by atoms with Gasteiger partial charge in [0.05, 0.1) is 9.22 Å². The lowest BCUT2D eigenvalue weighted by atomic mass is 9.86. The summed E-state index contributed by atoms with van der Waals surface area (Å²) in [7, 11) is -1.37. The van der Waals surface area contributed by atoms with Crippen molar-refractivity contribution in [3.05, 3.63) is 34.9 Å². The lowest BCUT2D eigenvalue weighted by molar-refractivity contribution is 0.322. The van der Waals surface area contributed by atoms with Crippen molar-refractivity contribution in [2.24, 2.45) is 13.0 Å². The smallest absolute Gasteiger partial charge is 0.216 e. The largest absolute Gasteiger partial charge is 0.385 e. The van der Waals surface area contributed by atoms with E-state index in [9.17, 15) is 8.42 Å². The summed E-state index contributed by atoms with van der Waals surface area (Å²) in [4.78, 5) is 0. The van der Waals surface area contributed by atoms with E-state index in [2.05, 4.69) is 49.3 Å². The van der Waals surface area contributed by atoms with Gasteiger partial charge in [0.25, 0.3) is 0 Å². The van der Waals surface area contributed by atoms with Crippen LogP contribution in [0.15, 0.2) is 34.9 Å². The number of aryl methyl sites for hydroxylation is 1. The van der Waals surface area contributed by atoms with E-state index in [4.69, 9.17) is 0 Å². The van der Waals surface area contributed by atoms with Gasteiger partial charge in [0, 0.05) is 37.1 Å². The third kappa shape index (κ3) is 5.61. The summed E-state index contributed by atoms with van der Waals surface area (Å²) in [6.45, 7) is 6.11. The lowest BCUT2D eigenvalue weighted by Crippen LogP contribution is -2.46. The second kappa shape index (κ2) is 8.78. The standard InChI is InChI=1S/C21H31BrN4O2S/c1-21(2,3)29(27,28)25-17-10-8-15(9-11-17)13-23-18-7-5-6-16(12-18)20-19(22)14-26(4)24-20/h5-7,12,14-15,17,23,25H,8-11,13H2,1-4H3. The Bertz CT molecular complexity index is 942. The molecule has 0 amide bonds. The molecule has 2 N–H and O–H groups in total. The van der Waals surface area contributed by atoms with Crippen molar-refractivity contribution in [3.63, 3.8) is 0 Å². The Balaban J connectivity index is 1.52. The summed E-state index contributed by atoms with van der Waals surface area (Å²) in [5, 5.41) is 8.06. The van der Waals surface area contributed by atoms with Gasteiger partial charge in [-0.1, -0.05) is 12.1 Å². The third-order valence-corrected chi connectivity index (χ3v) is 8.33. The van der Waals surface area contributed by atoms with E-state index in [0.717, 1.165) is 53.6 Å². The predicted molar refractivity (Wildman–Crippen MR) is 122 cm³/mol. The van der Waals surface area contributed by atoms with Crippen molar-refractivity contribution in [1.29, 1.82) is 0 Å². The summed E-state index contributed by atoms with van der Waals surface area (Å²) in [6, 6.07) is 8.35. The molecule has 1 fully saturated rings. The van der Waals surface area contributed by atoms with Crippen molar-refractivity contribution in [3.8, 4) is 11.3 Å². The van der Waals surface area contributed by atoms with Gasteiger partial charge in [-0.25, -0.2) is 13.1 Å². The number of hydrogen-bond donors (Lipinski definition) is 2. The summed E-state index contributed by atoms with van der Waals surface area (Å²) >= 11 is 3.57. The fraction of sp³-hybridized carbons (Fsp3) is 0.571. The maximum absolute atomic E-state index is 12.4. The third-order valence-electron chi connectivity index (χ3n) is 5.49. The molecule has 1 aliphatic carbocycles. The van der Waals surface area contributed by atoms with Gasteiger partial charge in [-0.3, -0.25) is 4.68 Å². The molecule has 1 heterocycles. The molecule has 0 unspecified atom stereocenters. The van der Waals surface area contributed by atoms with Crippen LogP contribution in [-0.2, 0) is 17.1 Å². The molecule has 1 aromatic heterocycles. The van der Waals surface area contributed by atoms with Crippen LogP contribution < -0.4 is 10.0 Å². The SMILES string of the molecule is Cn1cc(Br)c(-c2cccc(NCC3CCC(NS(=O)(=O)C(C)(C)C)CC3)c2)n1. The molecular weight excluding hydrogens is 452 g/mol. The Morgan fingerprint density at radius 2 is 1.90 bits per heavy atom. The van der Waals surface area contributed by atoms with Crippen molar-refractivity contribution < 1.29 is 8.42 Å². The molecule has 1 saturated carbocycles. The second-order valence-electron chi connectivity index (χ2n) is 8.91. The van der Waals surface area contributed by atoms with E-state index < -0.39 is 14.8 Å². The van der Waals surface area contributed by atoms with Crippen molar-refractivity contribution in [2.45, 2.75) is 57.2 Å². The minimum absolute atomic E-state index is 0.0558. The highest BCUT2D eigenvalue weighted by molar-refractivity contribution is 9.10. The predicted octanol–water partition coefficient (Wildman–Crippen LogP) is 4.54. The van der Waals surface area contributed by atoms with E-state index in [0.29, 0.717) is 5.92 Å². The second-order valence-corrected chi connectivity index (χ2v) is 12.2. The molecule has 160 valence electrons. The van der Waals surface area contributed by atoms with Gasteiger partial charge in [-0.05, 0) is 80.4 Å². The molecule has 0 aliphatic heterocycles. The number of sulfonamides is 1. The van der Waals surface area contributed by atoms with E-state index in [1.54, 1.807) is 25.5 Å². The first kappa shape index (κ1) is 22.3. The molecule has 0 saturated heterocycles. The number of benzene rings is 1. The molecule has 2 aromatic rings. The molecule has 1 aliphatic rings. The van der Waals surface area contributed by atoms with Crippen LogP contribution in [0.3, 0.4) is 0 Å². The number of nitrogens with one attached hydrogen (secondary N) is 2. The zero-order valence-corrected chi connectivity index (χ0v) is 20.0. The quantitative estimate of drug-likeness (QED) is 0.633. The monoisotopic (exact) mass is 482 g/mol. The summed E-state index contributed by atoms with van der Waals surface area (Å²) in [5.41, 5.74) is 3.08. The summed E-state index contributed by atoms with van der Waals surface area (Å²) in [6.07, 6.45) is 5.78. The lowest BCUT2D eigenvalue weighted by Gasteiger charge is -2.31. The van der Waals surface area contributed by atoms with Crippen LogP contribution in [0.5, 0.6) is 0 Å². The Hall–Kier alpha value is -1.38. The van der Waals surface area contributed by atoms with E-state index in [-0.39, 0.29) is 6.04 Å². The van der Waals surface area contributed by atoms with Crippen LogP contribution in [0.25, 0.3) is 11.3 Å². The average Bonchev–Trinajstić information content (AvgIpc) is 2.98. The average molecular weight is 483 g/mol. The Morgan fingerprint density at radius 3 is 2.48 bits per heavy atom. The number of hydrogen-bond acceptors (Lipinski definition) is 4. The van der Waals surface area contributed by atoms with Crippen LogP contribution in [0, 0.1) is 5.92 Å². The number of halogens is 1. The first-order valence-corrected chi connectivity index (χ1v) is 12.4. The molecule has 8 heteroatoms. The van der Waals surface area contributed by atoms with Gasteiger partial charge in [-0.15, -0.1) is 0 Å². The molecule has 0 spiro atoms. The number of aromatic nitrogens is 2. The fourth-order valence-corrected chi connectivity index (χ4v) is 5.21. The summed E-state index contributed by atoms with van der Waals surface area (Å²) in [5.74, 6) is 0.552. The van der Waals surface area contributed by atoms with Gasteiger partial charge in [-0.2, -0.15) is 5.10 Å². The van der Waals surface area contributed by atoms with Crippen LogP contribution >= 0.6 is 15.9 Å². The normalized spacial score (nSPS) is 20.6. The molecule has 3 rings (SSSR count). The Morgan fingerprint density at radius 1 is 1.21 bits per heavy atom. The van der Waals surface area contributed by atoms with E-state index >= 15 is 0 Å². The highest BCUT2D eigenvalue weighted by Crippen LogP contribution is 2.30. The van der Waals surface area contributed by atoms with Crippen LogP contribution in [-0.4, -0.2) is 35.5 Å². The van der Waals surface area contributed by atoms with Crippen molar-refractivity contribution in [1.82, 2.24) is 14.5 Å². The maximum atomic E-state index is 12.4. The molecule has 0 radical (unpaired) electrons. The van der Waals surface area contributed by atoms with E-state index in [1.165, 1.54) is 0 Å². The first-order chi connectivity index (χ1) is 13.5. The summed E-state index contributed by atoms with van der Waals surface area (Å²) < 4.78 is 29.6. The van der Waals surface area contributed by atoms with Crippen molar-refractivity contribution >= 4 is 31.6 Å². The van der Waals surface area contributed by atoms with Gasteiger partial charge in [0.15, 0.2) is 0 Å². The van der Waals surface area contributed by atoms with E-state index in [1.807, 2.05) is 19.3 Å². The van der Waals surface area contributed by atoms with Gasteiger partial charge < -0.3 is 5.32 Å². The van der Waals surface area contributed by atoms with Crippen LogP contribution in [0.2, 0.25) is 0 Å². The minimum atomic E-state index is -3.28. The molecule has 6 nitrogen and oxygen atoms in total. The minimum Gasteiger partial charge on any atom is -0.385 e. The van der Waals surface area contributed by atoms with Crippen LogP contribution in [0.4, 0.5) is 5.69 Å². The Labute approximate surface area is 182 Å².